The van der Waals surface area contributed by atoms with E-state index >= 15 is 0 Å². The van der Waals surface area contributed by atoms with Gasteiger partial charge in [0.2, 0.25) is 0 Å². The van der Waals surface area contributed by atoms with Crippen LogP contribution in [0.15, 0.2) is 18.2 Å². The van der Waals surface area contributed by atoms with Gasteiger partial charge in [-0.1, -0.05) is 25.8 Å². The van der Waals surface area contributed by atoms with Gasteiger partial charge in [-0.05, 0) is 30.8 Å². The molecule has 2 rings (SSSR count). The van der Waals surface area contributed by atoms with Crippen molar-refractivity contribution >= 4 is 23.3 Å². The number of aromatic amines is 1. The molecule has 0 aliphatic carbocycles. The van der Waals surface area contributed by atoms with Crippen LogP contribution < -0.4 is 4.74 Å². The molecule has 1 aromatic carbocycles. The van der Waals surface area contributed by atoms with Gasteiger partial charge < -0.3 is 14.3 Å². The van der Waals surface area contributed by atoms with Crippen LogP contribution in [0.1, 0.15) is 26.2 Å². The number of nitrogens with one attached hydrogen (secondary N) is 1. The quantitative estimate of drug-likeness (QED) is 0.644. The van der Waals surface area contributed by atoms with Crippen molar-refractivity contribution in [2.45, 2.75) is 32.7 Å². The van der Waals surface area contributed by atoms with Crippen molar-refractivity contribution in [1.82, 2.24) is 9.55 Å². The SMILES string of the molecule is CCCCCn1c(=S)[nH]c2c(OC)cccc21. The number of rotatable bonds is 5. The number of hydrogen-bond acceptors (Lipinski definition) is 2. The van der Waals surface area contributed by atoms with Gasteiger partial charge >= 0.3 is 0 Å². The van der Waals surface area contributed by atoms with E-state index in [1.807, 2.05) is 12.1 Å². The Balaban J connectivity index is 2.42. The molecule has 0 aliphatic heterocycles. The molecule has 2 aromatic rings. The van der Waals surface area contributed by atoms with E-state index in [4.69, 9.17) is 17.0 Å². The molecule has 1 N–H and O–H groups in total. The Morgan fingerprint density at radius 2 is 2.18 bits per heavy atom. The highest BCUT2D eigenvalue weighted by atomic mass is 32.1. The van der Waals surface area contributed by atoms with Crippen molar-refractivity contribution in [3.63, 3.8) is 0 Å². The lowest BCUT2D eigenvalue weighted by Crippen LogP contribution is -1.97. The second-order valence-corrected chi connectivity index (χ2v) is 4.53. The first kappa shape index (κ1) is 12.2. The normalized spacial score (nSPS) is 10.9. The minimum Gasteiger partial charge on any atom is -0.494 e. The average Bonchev–Trinajstić information content (AvgIpc) is 2.66. The molecule has 0 atom stereocenters. The Kier molecular flexibility index (Phi) is 3.84. The number of ether oxygens (including phenoxy) is 1. The lowest BCUT2D eigenvalue weighted by atomic mass is 10.2. The van der Waals surface area contributed by atoms with E-state index in [1.165, 1.54) is 12.8 Å². The summed E-state index contributed by atoms with van der Waals surface area (Å²) in [5, 5.41) is 0. The fourth-order valence-corrected chi connectivity index (χ4v) is 2.36. The zero-order valence-corrected chi connectivity index (χ0v) is 11.1. The summed E-state index contributed by atoms with van der Waals surface area (Å²) >= 11 is 5.36. The van der Waals surface area contributed by atoms with E-state index in [-0.39, 0.29) is 0 Å². The molecule has 1 aromatic heterocycles. The van der Waals surface area contributed by atoms with E-state index in [0.717, 1.165) is 34.5 Å². The average molecular weight is 250 g/mol. The van der Waals surface area contributed by atoms with Crippen LogP contribution in [0.4, 0.5) is 0 Å². The number of hydrogen-bond donors (Lipinski definition) is 1. The molecule has 0 saturated carbocycles. The Hall–Kier alpha value is -1.29. The predicted octanol–water partition coefficient (Wildman–Crippen LogP) is 3.90. The number of para-hydroxylation sites is 1. The van der Waals surface area contributed by atoms with Gasteiger partial charge in [-0.25, -0.2) is 0 Å². The van der Waals surface area contributed by atoms with Crippen LogP contribution in [0, 0.1) is 4.77 Å². The van der Waals surface area contributed by atoms with Gasteiger partial charge in [0.25, 0.3) is 0 Å². The number of fused-ring (bicyclic) bond motifs is 1. The third-order valence-electron chi connectivity index (χ3n) is 2.98. The highest BCUT2D eigenvalue weighted by molar-refractivity contribution is 7.71. The number of H-pyrrole nitrogens is 1. The standard InChI is InChI=1S/C13H18N2OS/c1-3-4-5-9-15-10-7-6-8-11(16-2)12(10)14-13(15)17/h6-8H,3-5,9H2,1-2H3,(H,14,17). The highest BCUT2D eigenvalue weighted by Gasteiger charge is 2.07. The number of aryl methyl sites for hydroxylation is 1. The van der Waals surface area contributed by atoms with Gasteiger partial charge in [-0.15, -0.1) is 0 Å². The number of imidazole rings is 1. The van der Waals surface area contributed by atoms with E-state index < -0.39 is 0 Å². The van der Waals surface area contributed by atoms with E-state index in [2.05, 4.69) is 22.5 Å². The Morgan fingerprint density at radius 1 is 1.35 bits per heavy atom. The van der Waals surface area contributed by atoms with Crippen LogP contribution in [0.25, 0.3) is 11.0 Å². The zero-order valence-electron chi connectivity index (χ0n) is 10.3. The minimum absolute atomic E-state index is 0.778. The maximum Gasteiger partial charge on any atom is 0.178 e. The Bertz CT molecular complexity index is 556. The number of aromatic nitrogens is 2. The van der Waals surface area contributed by atoms with E-state index in [0.29, 0.717) is 0 Å². The number of benzene rings is 1. The molecule has 0 unspecified atom stereocenters. The van der Waals surface area contributed by atoms with Gasteiger partial charge in [-0.2, -0.15) is 0 Å². The van der Waals surface area contributed by atoms with Gasteiger partial charge in [0, 0.05) is 6.54 Å². The van der Waals surface area contributed by atoms with Crippen molar-refractivity contribution in [1.29, 1.82) is 0 Å². The van der Waals surface area contributed by atoms with Crippen molar-refractivity contribution in [2.24, 2.45) is 0 Å². The van der Waals surface area contributed by atoms with Gasteiger partial charge in [0.1, 0.15) is 11.3 Å². The molecule has 0 spiro atoms. The molecule has 0 fully saturated rings. The second kappa shape index (κ2) is 5.36. The first-order valence-electron chi connectivity index (χ1n) is 6.03. The van der Waals surface area contributed by atoms with Crippen LogP contribution in [0.5, 0.6) is 5.75 Å². The van der Waals surface area contributed by atoms with Crippen molar-refractivity contribution in [2.75, 3.05) is 7.11 Å². The molecule has 3 nitrogen and oxygen atoms in total. The van der Waals surface area contributed by atoms with Crippen LogP contribution in [-0.4, -0.2) is 16.7 Å². The van der Waals surface area contributed by atoms with Gasteiger partial charge in [0.05, 0.1) is 12.6 Å². The molecule has 1 heterocycles. The number of methoxy groups -OCH3 is 1. The van der Waals surface area contributed by atoms with Crippen LogP contribution in [-0.2, 0) is 6.54 Å². The molecule has 0 radical (unpaired) electrons. The summed E-state index contributed by atoms with van der Waals surface area (Å²) in [6.07, 6.45) is 3.62. The topological polar surface area (TPSA) is 29.9 Å². The molecule has 4 heteroatoms. The van der Waals surface area contributed by atoms with Gasteiger partial charge in [0.15, 0.2) is 4.77 Å². The molecule has 0 bridgehead atoms. The lowest BCUT2D eigenvalue weighted by molar-refractivity contribution is 0.419. The minimum atomic E-state index is 0.778. The molecule has 0 amide bonds. The number of unbranched alkanes of at least 4 members (excludes halogenated alkanes) is 2. The first-order chi connectivity index (χ1) is 8.27. The maximum absolute atomic E-state index is 5.36. The van der Waals surface area contributed by atoms with E-state index in [9.17, 15) is 0 Å². The van der Waals surface area contributed by atoms with Crippen molar-refractivity contribution in [3.05, 3.63) is 23.0 Å². The summed E-state index contributed by atoms with van der Waals surface area (Å²) in [5.74, 6) is 0.850. The molecular formula is C13H18N2OS. The largest absolute Gasteiger partial charge is 0.494 e. The lowest BCUT2D eigenvalue weighted by Gasteiger charge is -2.04. The summed E-state index contributed by atoms with van der Waals surface area (Å²) in [6.45, 7) is 3.18. The molecule has 92 valence electrons. The molecule has 0 saturated heterocycles. The second-order valence-electron chi connectivity index (χ2n) is 4.14. The Morgan fingerprint density at radius 3 is 2.88 bits per heavy atom. The fraction of sp³-hybridized carbons (Fsp3) is 0.462. The van der Waals surface area contributed by atoms with Crippen LogP contribution >= 0.6 is 12.2 Å². The summed E-state index contributed by atoms with van der Waals surface area (Å²) in [5.41, 5.74) is 2.13. The molecular weight excluding hydrogens is 232 g/mol. The fourth-order valence-electron chi connectivity index (χ4n) is 2.07. The highest BCUT2D eigenvalue weighted by Crippen LogP contribution is 2.24. The van der Waals surface area contributed by atoms with Crippen LogP contribution in [0.2, 0.25) is 0 Å². The van der Waals surface area contributed by atoms with E-state index in [1.54, 1.807) is 7.11 Å². The smallest absolute Gasteiger partial charge is 0.178 e. The molecule has 0 aliphatic rings. The number of nitrogens with zero attached hydrogens (tertiary/aromatic N) is 1. The predicted molar refractivity (Wildman–Crippen MR) is 73.2 cm³/mol. The van der Waals surface area contributed by atoms with Gasteiger partial charge in [-0.3, -0.25) is 0 Å². The summed E-state index contributed by atoms with van der Waals surface area (Å²) < 4.78 is 8.26. The Labute approximate surface area is 106 Å². The molecule has 17 heavy (non-hydrogen) atoms. The summed E-state index contributed by atoms with van der Waals surface area (Å²) in [4.78, 5) is 3.23. The first-order valence-corrected chi connectivity index (χ1v) is 6.44. The monoisotopic (exact) mass is 250 g/mol. The third kappa shape index (κ3) is 2.36. The summed E-state index contributed by atoms with van der Waals surface area (Å²) in [6, 6.07) is 6.03. The van der Waals surface area contributed by atoms with Crippen molar-refractivity contribution in [3.8, 4) is 5.75 Å². The summed E-state index contributed by atoms with van der Waals surface area (Å²) in [7, 11) is 1.68. The van der Waals surface area contributed by atoms with Crippen LogP contribution in [0.3, 0.4) is 0 Å². The van der Waals surface area contributed by atoms with Crippen molar-refractivity contribution < 1.29 is 4.74 Å². The third-order valence-corrected chi connectivity index (χ3v) is 3.30. The maximum atomic E-state index is 5.36. The zero-order chi connectivity index (χ0) is 12.3.